The van der Waals surface area contributed by atoms with E-state index in [0.29, 0.717) is 29.1 Å². The second kappa shape index (κ2) is 7.90. The number of hydrogen-bond donors (Lipinski definition) is 0. The third-order valence-corrected chi connectivity index (χ3v) is 6.52. The molecule has 0 spiro atoms. The first kappa shape index (κ1) is 20.9. The zero-order valence-electron chi connectivity index (χ0n) is 16.7. The number of benzene rings is 1. The highest BCUT2D eigenvalue weighted by Crippen LogP contribution is 2.30. The number of carbonyl (C=O) groups excluding carboxylic acids is 1. The Labute approximate surface area is 168 Å². The van der Waals surface area contributed by atoms with Crippen LogP contribution in [0.15, 0.2) is 34.1 Å². The Morgan fingerprint density at radius 3 is 2.59 bits per heavy atom. The van der Waals surface area contributed by atoms with Crippen LogP contribution in [-0.4, -0.2) is 35.6 Å². The number of hydrogen-bond acceptors (Lipinski definition) is 6. The molecule has 1 aromatic carbocycles. The number of carbonyl (C=O) groups is 1. The van der Waals surface area contributed by atoms with Gasteiger partial charge in [-0.05, 0) is 45.4 Å². The summed E-state index contributed by atoms with van der Waals surface area (Å²) in [6.07, 6.45) is 0.362. The summed E-state index contributed by atoms with van der Waals surface area (Å²) in [5.41, 5.74) is 2.25. The van der Waals surface area contributed by atoms with Gasteiger partial charge in [-0.25, -0.2) is 22.3 Å². The molecule has 0 atom stereocenters. The van der Waals surface area contributed by atoms with Gasteiger partial charge in [-0.15, -0.1) is 0 Å². The van der Waals surface area contributed by atoms with E-state index in [1.54, 1.807) is 27.7 Å². The van der Waals surface area contributed by atoms with Gasteiger partial charge in [0.15, 0.2) is 5.65 Å². The molecule has 0 saturated heterocycles. The highest BCUT2D eigenvalue weighted by atomic mass is 32.2. The van der Waals surface area contributed by atoms with Crippen LogP contribution in [0.25, 0.3) is 5.65 Å². The largest absolute Gasteiger partial charge is 0.466 e. The third-order valence-electron chi connectivity index (χ3n) is 4.69. The molecule has 0 radical (unpaired) electrons. The molecule has 3 rings (SSSR count). The average molecular weight is 419 g/mol. The van der Waals surface area contributed by atoms with Gasteiger partial charge < -0.3 is 4.74 Å². The molecule has 0 bridgehead atoms. The summed E-state index contributed by atoms with van der Waals surface area (Å²) >= 11 is 0. The summed E-state index contributed by atoms with van der Waals surface area (Å²) in [7, 11) is -4.04. The number of nitrogens with zero attached hydrogens (tertiary/aromatic N) is 3. The lowest BCUT2D eigenvalue weighted by Crippen LogP contribution is -2.13. The molecule has 0 aliphatic heterocycles. The fraction of sp³-hybridized carbons (Fsp3) is 0.350. The van der Waals surface area contributed by atoms with Crippen LogP contribution < -0.4 is 0 Å². The molecule has 154 valence electrons. The van der Waals surface area contributed by atoms with Crippen molar-refractivity contribution >= 4 is 21.5 Å². The molecule has 0 N–H and O–H groups in total. The molecule has 0 unspecified atom stereocenters. The van der Waals surface area contributed by atoms with Gasteiger partial charge in [0.2, 0.25) is 9.84 Å². The first-order chi connectivity index (χ1) is 13.7. The van der Waals surface area contributed by atoms with Crippen LogP contribution in [0, 0.1) is 19.7 Å². The summed E-state index contributed by atoms with van der Waals surface area (Å²) in [6.45, 7) is 7.24. The summed E-state index contributed by atoms with van der Waals surface area (Å²) in [5, 5.41) is 4.43. The maximum absolute atomic E-state index is 13.7. The SMILES string of the molecule is CCOC(=O)Cc1c(C)nc2c(S(=O)(=O)c3cccc(F)c3)c(CC)nn2c1C. The van der Waals surface area contributed by atoms with Gasteiger partial charge in [-0.1, -0.05) is 13.0 Å². The van der Waals surface area contributed by atoms with Gasteiger partial charge in [0.1, 0.15) is 10.7 Å². The standard InChI is InChI=1S/C20H22FN3O4S/c1-5-17-19(29(26,27)15-9-7-8-14(21)10-15)20-22-12(3)16(11-18(25)28-6-2)13(4)24(20)23-17/h7-10H,5-6,11H2,1-4H3. The number of rotatable bonds is 6. The maximum Gasteiger partial charge on any atom is 0.310 e. The molecular weight excluding hydrogens is 397 g/mol. The van der Waals surface area contributed by atoms with Crippen molar-refractivity contribution in [2.45, 2.75) is 50.3 Å². The van der Waals surface area contributed by atoms with Crippen LogP contribution >= 0.6 is 0 Å². The lowest BCUT2D eigenvalue weighted by Gasteiger charge is -2.11. The quantitative estimate of drug-likeness (QED) is 0.571. The minimum atomic E-state index is -4.04. The van der Waals surface area contributed by atoms with Crippen LogP contribution in [0.2, 0.25) is 0 Å². The van der Waals surface area contributed by atoms with E-state index in [9.17, 15) is 17.6 Å². The average Bonchev–Trinajstić information content (AvgIpc) is 3.04. The molecule has 0 aliphatic rings. The Morgan fingerprint density at radius 2 is 1.97 bits per heavy atom. The molecule has 2 aromatic heterocycles. The van der Waals surface area contributed by atoms with Crippen molar-refractivity contribution in [3.8, 4) is 0 Å². The number of aromatic nitrogens is 3. The van der Waals surface area contributed by atoms with Gasteiger partial charge in [-0.3, -0.25) is 4.79 Å². The van der Waals surface area contributed by atoms with E-state index >= 15 is 0 Å². The van der Waals surface area contributed by atoms with Crippen molar-refractivity contribution in [3.05, 3.63) is 52.7 Å². The molecule has 0 aliphatic carbocycles. The zero-order chi connectivity index (χ0) is 21.3. The van der Waals surface area contributed by atoms with Gasteiger partial charge in [0.25, 0.3) is 0 Å². The predicted molar refractivity (Wildman–Crippen MR) is 104 cm³/mol. The van der Waals surface area contributed by atoms with Crippen molar-refractivity contribution in [2.24, 2.45) is 0 Å². The van der Waals surface area contributed by atoms with Gasteiger partial charge in [0.05, 0.1) is 23.6 Å². The van der Waals surface area contributed by atoms with Crippen molar-refractivity contribution in [1.29, 1.82) is 0 Å². The Kier molecular flexibility index (Phi) is 5.70. The maximum atomic E-state index is 13.7. The molecule has 7 nitrogen and oxygen atoms in total. The van der Waals surface area contributed by atoms with Crippen molar-refractivity contribution in [1.82, 2.24) is 14.6 Å². The number of sulfone groups is 1. The van der Waals surface area contributed by atoms with Crippen LogP contribution in [-0.2, 0) is 32.2 Å². The number of aryl methyl sites for hydroxylation is 3. The highest BCUT2D eigenvalue weighted by molar-refractivity contribution is 7.91. The third kappa shape index (κ3) is 3.74. The van der Waals surface area contributed by atoms with E-state index in [1.165, 1.54) is 22.7 Å². The minimum Gasteiger partial charge on any atom is -0.466 e. The van der Waals surface area contributed by atoms with Crippen LogP contribution in [0.1, 0.15) is 36.5 Å². The lowest BCUT2D eigenvalue weighted by molar-refractivity contribution is -0.142. The van der Waals surface area contributed by atoms with E-state index in [0.717, 1.165) is 6.07 Å². The highest BCUT2D eigenvalue weighted by Gasteiger charge is 2.29. The fourth-order valence-corrected chi connectivity index (χ4v) is 4.89. The first-order valence-corrected chi connectivity index (χ1v) is 10.7. The molecule has 3 aromatic rings. The molecule has 0 amide bonds. The van der Waals surface area contributed by atoms with Gasteiger partial charge in [0, 0.05) is 17.0 Å². The molecule has 9 heteroatoms. The Bertz CT molecular complexity index is 1200. The summed E-state index contributed by atoms with van der Waals surface area (Å²) in [4.78, 5) is 16.2. The van der Waals surface area contributed by atoms with Crippen LogP contribution in [0.5, 0.6) is 0 Å². The molecule has 29 heavy (non-hydrogen) atoms. The predicted octanol–water partition coefficient (Wildman–Crippen LogP) is 2.99. The summed E-state index contributed by atoms with van der Waals surface area (Å²) in [6, 6.07) is 4.86. The smallest absolute Gasteiger partial charge is 0.310 e. The first-order valence-electron chi connectivity index (χ1n) is 9.24. The summed E-state index contributed by atoms with van der Waals surface area (Å²) in [5.74, 6) is -1.03. The molecular formula is C20H22FN3O4S. The van der Waals surface area contributed by atoms with E-state index in [1.807, 2.05) is 0 Å². The second-order valence-electron chi connectivity index (χ2n) is 6.57. The van der Waals surface area contributed by atoms with E-state index in [-0.39, 0.29) is 28.5 Å². The Morgan fingerprint density at radius 1 is 1.24 bits per heavy atom. The number of esters is 1. The molecule has 0 fully saturated rings. The van der Waals surface area contributed by atoms with Gasteiger partial charge >= 0.3 is 5.97 Å². The zero-order valence-corrected chi connectivity index (χ0v) is 17.5. The Hall–Kier alpha value is -2.81. The lowest BCUT2D eigenvalue weighted by atomic mass is 10.1. The number of halogens is 1. The van der Waals surface area contributed by atoms with Gasteiger partial charge in [-0.2, -0.15) is 5.10 Å². The molecule has 0 saturated carbocycles. The Balaban J connectivity index is 2.25. The van der Waals surface area contributed by atoms with Crippen molar-refractivity contribution in [3.63, 3.8) is 0 Å². The van der Waals surface area contributed by atoms with Crippen LogP contribution in [0.4, 0.5) is 4.39 Å². The second-order valence-corrected chi connectivity index (χ2v) is 8.46. The van der Waals surface area contributed by atoms with Crippen molar-refractivity contribution < 1.29 is 22.3 Å². The van der Waals surface area contributed by atoms with E-state index in [4.69, 9.17) is 4.74 Å². The number of fused-ring (bicyclic) bond motifs is 1. The fourth-order valence-electron chi connectivity index (χ4n) is 3.26. The monoisotopic (exact) mass is 419 g/mol. The van der Waals surface area contributed by atoms with E-state index in [2.05, 4.69) is 10.1 Å². The number of ether oxygens (including phenoxy) is 1. The normalized spacial score (nSPS) is 11.8. The molecule has 2 heterocycles. The summed E-state index contributed by atoms with van der Waals surface area (Å²) < 4.78 is 46.7. The van der Waals surface area contributed by atoms with E-state index < -0.39 is 21.6 Å². The van der Waals surface area contributed by atoms with Crippen molar-refractivity contribution in [2.75, 3.05) is 6.61 Å². The minimum absolute atomic E-state index is 0.0156. The topological polar surface area (TPSA) is 90.6 Å². The van der Waals surface area contributed by atoms with Crippen LogP contribution in [0.3, 0.4) is 0 Å².